The number of anilines is 1. The molecule has 5 nitrogen and oxygen atoms in total. The summed E-state index contributed by atoms with van der Waals surface area (Å²) in [7, 11) is 1.63. The van der Waals surface area contributed by atoms with Crippen molar-refractivity contribution in [1.82, 2.24) is 5.32 Å². The number of carbonyl (C=O) groups is 2. The summed E-state index contributed by atoms with van der Waals surface area (Å²) in [5.74, 6) is -0.841. The van der Waals surface area contributed by atoms with Crippen molar-refractivity contribution in [3.63, 3.8) is 0 Å². The highest BCUT2D eigenvalue weighted by atomic mass is 16.4. The predicted molar refractivity (Wildman–Crippen MR) is 77.0 cm³/mol. The summed E-state index contributed by atoms with van der Waals surface area (Å²) in [6.45, 7) is 2.88. The molecule has 0 spiro atoms. The van der Waals surface area contributed by atoms with Crippen LogP contribution in [0.3, 0.4) is 0 Å². The van der Waals surface area contributed by atoms with Gasteiger partial charge in [-0.25, -0.2) is 4.79 Å². The van der Waals surface area contributed by atoms with Gasteiger partial charge in [-0.3, -0.25) is 4.79 Å². The molecule has 0 saturated carbocycles. The Labute approximate surface area is 118 Å². The third-order valence-electron chi connectivity index (χ3n) is 3.86. The minimum absolute atomic E-state index is 0.0779. The van der Waals surface area contributed by atoms with Crippen LogP contribution in [0.25, 0.3) is 0 Å². The molecule has 1 aliphatic heterocycles. The maximum Gasteiger partial charge on any atom is 0.337 e. The first-order valence-electron chi connectivity index (χ1n) is 6.85. The highest BCUT2D eigenvalue weighted by molar-refractivity contribution is 6.03. The van der Waals surface area contributed by atoms with Gasteiger partial charge >= 0.3 is 5.97 Å². The standard InChI is InChI=1S/C15H20N2O3/c1-10-6-5-9-16-13(10)14(18)17(2)12-8-4-3-7-11(12)15(19)20/h3-4,7-8,10,13,16H,5-6,9H2,1-2H3,(H,19,20). The van der Waals surface area contributed by atoms with Crippen LogP contribution in [0.15, 0.2) is 24.3 Å². The molecule has 0 radical (unpaired) electrons. The molecular formula is C15H20N2O3. The van der Waals surface area contributed by atoms with E-state index in [2.05, 4.69) is 5.32 Å². The number of benzene rings is 1. The molecule has 0 bridgehead atoms. The van der Waals surface area contributed by atoms with Crippen molar-refractivity contribution in [2.45, 2.75) is 25.8 Å². The van der Waals surface area contributed by atoms with Crippen molar-refractivity contribution in [3.05, 3.63) is 29.8 Å². The zero-order valence-corrected chi connectivity index (χ0v) is 11.8. The Hall–Kier alpha value is -1.88. The van der Waals surface area contributed by atoms with Crippen molar-refractivity contribution in [3.8, 4) is 0 Å². The number of hydrogen-bond acceptors (Lipinski definition) is 3. The van der Waals surface area contributed by atoms with Crippen LogP contribution in [0.1, 0.15) is 30.1 Å². The van der Waals surface area contributed by atoms with Crippen molar-refractivity contribution in [1.29, 1.82) is 0 Å². The van der Waals surface area contributed by atoms with E-state index in [0.717, 1.165) is 19.4 Å². The summed E-state index contributed by atoms with van der Waals surface area (Å²) >= 11 is 0. The number of carboxylic acid groups (broad SMARTS) is 1. The topological polar surface area (TPSA) is 69.6 Å². The molecule has 2 unspecified atom stereocenters. The van der Waals surface area contributed by atoms with Crippen molar-refractivity contribution in [2.24, 2.45) is 5.92 Å². The van der Waals surface area contributed by atoms with E-state index in [1.807, 2.05) is 6.92 Å². The van der Waals surface area contributed by atoms with E-state index in [0.29, 0.717) is 5.69 Å². The number of hydrogen-bond donors (Lipinski definition) is 2. The molecule has 1 aromatic carbocycles. The smallest absolute Gasteiger partial charge is 0.337 e. The molecule has 20 heavy (non-hydrogen) atoms. The van der Waals surface area contributed by atoms with E-state index in [4.69, 9.17) is 0 Å². The third-order valence-corrected chi connectivity index (χ3v) is 3.86. The van der Waals surface area contributed by atoms with Crippen LogP contribution < -0.4 is 10.2 Å². The quantitative estimate of drug-likeness (QED) is 0.882. The molecule has 2 rings (SSSR count). The van der Waals surface area contributed by atoms with E-state index in [9.17, 15) is 14.7 Å². The van der Waals surface area contributed by atoms with Gasteiger partial charge in [0.2, 0.25) is 5.91 Å². The second-order valence-corrected chi connectivity index (χ2v) is 5.27. The fourth-order valence-electron chi connectivity index (χ4n) is 2.65. The van der Waals surface area contributed by atoms with Gasteiger partial charge in [-0.1, -0.05) is 19.1 Å². The molecule has 1 saturated heterocycles. The van der Waals surface area contributed by atoms with Crippen LogP contribution in [0.5, 0.6) is 0 Å². The predicted octanol–water partition coefficient (Wildman–Crippen LogP) is 1.74. The normalized spacial score (nSPS) is 22.3. The second-order valence-electron chi connectivity index (χ2n) is 5.27. The highest BCUT2D eigenvalue weighted by Gasteiger charge is 2.31. The summed E-state index contributed by atoms with van der Waals surface area (Å²) in [5.41, 5.74) is 0.580. The Kier molecular flexibility index (Phi) is 4.39. The van der Waals surface area contributed by atoms with Gasteiger partial charge in [0.25, 0.3) is 0 Å². The Morgan fingerprint density at radius 3 is 2.70 bits per heavy atom. The molecule has 1 aromatic rings. The van der Waals surface area contributed by atoms with Crippen molar-refractivity contribution in [2.75, 3.05) is 18.5 Å². The first-order valence-corrected chi connectivity index (χ1v) is 6.85. The number of rotatable bonds is 3. The Bertz CT molecular complexity index is 516. The molecule has 1 amide bonds. The van der Waals surface area contributed by atoms with Gasteiger partial charge in [0.15, 0.2) is 0 Å². The first kappa shape index (κ1) is 14.5. The van der Waals surface area contributed by atoms with Crippen LogP contribution in [-0.4, -0.2) is 36.6 Å². The van der Waals surface area contributed by atoms with Gasteiger partial charge in [-0.05, 0) is 37.4 Å². The lowest BCUT2D eigenvalue weighted by molar-refractivity contribution is -0.121. The van der Waals surface area contributed by atoms with Crippen LogP contribution in [0, 0.1) is 5.92 Å². The van der Waals surface area contributed by atoms with Crippen LogP contribution in [0.2, 0.25) is 0 Å². The average molecular weight is 276 g/mol. The van der Waals surface area contributed by atoms with Crippen LogP contribution in [-0.2, 0) is 4.79 Å². The number of amides is 1. The Morgan fingerprint density at radius 2 is 2.05 bits per heavy atom. The summed E-state index contributed by atoms with van der Waals surface area (Å²) in [4.78, 5) is 25.2. The number of carboxylic acids is 1. The van der Waals surface area contributed by atoms with E-state index in [1.165, 1.54) is 11.0 Å². The minimum Gasteiger partial charge on any atom is -0.478 e. The Morgan fingerprint density at radius 1 is 1.35 bits per heavy atom. The van der Waals surface area contributed by atoms with Crippen LogP contribution >= 0.6 is 0 Å². The number of piperidine rings is 1. The molecule has 1 fully saturated rings. The van der Waals surface area contributed by atoms with Gasteiger partial charge in [0.1, 0.15) is 0 Å². The van der Waals surface area contributed by atoms with E-state index < -0.39 is 5.97 Å². The van der Waals surface area contributed by atoms with E-state index in [-0.39, 0.29) is 23.4 Å². The fourth-order valence-corrected chi connectivity index (χ4v) is 2.65. The average Bonchev–Trinajstić information content (AvgIpc) is 2.46. The van der Waals surface area contributed by atoms with E-state index in [1.54, 1.807) is 25.2 Å². The molecule has 2 N–H and O–H groups in total. The molecule has 1 aliphatic rings. The second kappa shape index (κ2) is 6.05. The zero-order valence-electron chi connectivity index (χ0n) is 11.8. The van der Waals surface area contributed by atoms with Gasteiger partial charge in [-0.2, -0.15) is 0 Å². The minimum atomic E-state index is -1.02. The van der Waals surface area contributed by atoms with Gasteiger partial charge < -0.3 is 15.3 Å². The number of nitrogens with zero attached hydrogens (tertiary/aromatic N) is 1. The number of carbonyl (C=O) groups excluding carboxylic acids is 1. The van der Waals surface area contributed by atoms with Gasteiger partial charge in [0.05, 0.1) is 17.3 Å². The van der Waals surface area contributed by atoms with Gasteiger partial charge in [0, 0.05) is 7.05 Å². The number of aromatic carboxylic acids is 1. The Balaban J connectivity index is 2.24. The SMILES string of the molecule is CC1CCCNC1C(=O)N(C)c1ccccc1C(=O)O. The lowest BCUT2D eigenvalue weighted by atomic mass is 9.91. The molecule has 1 heterocycles. The number of para-hydroxylation sites is 1. The molecule has 108 valence electrons. The maximum absolute atomic E-state index is 12.6. The van der Waals surface area contributed by atoms with Crippen molar-refractivity contribution >= 4 is 17.6 Å². The van der Waals surface area contributed by atoms with Gasteiger partial charge in [-0.15, -0.1) is 0 Å². The summed E-state index contributed by atoms with van der Waals surface area (Å²) in [6.07, 6.45) is 2.08. The molecule has 0 aromatic heterocycles. The highest BCUT2D eigenvalue weighted by Crippen LogP contribution is 2.23. The fraction of sp³-hybridized carbons (Fsp3) is 0.467. The van der Waals surface area contributed by atoms with E-state index >= 15 is 0 Å². The summed E-state index contributed by atoms with van der Waals surface area (Å²) in [5, 5.41) is 12.4. The first-order chi connectivity index (χ1) is 9.52. The molecule has 2 atom stereocenters. The zero-order chi connectivity index (χ0) is 14.7. The lowest BCUT2D eigenvalue weighted by Crippen LogP contribution is -2.51. The third kappa shape index (κ3) is 2.82. The molecular weight excluding hydrogens is 256 g/mol. The monoisotopic (exact) mass is 276 g/mol. The van der Waals surface area contributed by atoms with Crippen molar-refractivity contribution < 1.29 is 14.7 Å². The van der Waals surface area contributed by atoms with Crippen LogP contribution in [0.4, 0.5) is 5.69 Å². The lowest BCUT2D eigenvalue weighted by Gasteiger charge is -2.32. The molecule has 5 heteroatoms. The summed E-state index contributed by atoms with van der Waals surface area (Å²) < 4.78 is 0. The number of likely N-dealkylation sites (N-methyl/N-ethyl adjacent to an activating group) is 1. The molecule has 0 aliphatic carbocycles. The largest absolute Gasteiger partial charge is 0.478 e. The number of nitrogens with one attached hydrogen (secondary N) is 1. The maximum atomic E-state index is 12.6. The summed E-state index contributed by atoms with van der Waals surface area (Å²) in [6, 6.07) is 6.33.